The Morgan fingerprint density at radius 2 is 1.93 bits per heavy atom. The molecule has 0 N–H and O–H groups in total. The molecule has 0 aliphatic heterocycles. The average Bonchev–Trinajstić information content (AvgIpc) is 3.04. The van der Waals surface area contributed by atoms with Crippen molar-refractivity contribution in [2.45, 2.75) is 71.4 Å². The van der Waals surface area contributed by atoms with E-state index in [0.717, 1.165) is 24.6 Å². The summed E-state index contributed by atoms with van der Waals surface area (Å²) in [6, 6.07) is 5.80. The van der Waals surface area contributed by atoms with Gasteiger partial charge in [-0.2, -0.15) is 5.10 Å². The van der Waals surface area contributed by atoms with E-state index in [1.165, 1.54) is 44.2 Å². The molecule has 1 aliphatic rings. The van der Waals surface area contributed by atoms with E-state index in [1.807, 2.05) is 10.7 Å². The Balaban J connectivity index is 0.00000261. The van der Waals surface area contributed by atoms with E-state index in [2.05, 4.69) is 13.8 Å². The highest BCUT2D eigenvalue weighted by molar-refractivity contribution is 5.85. The minimum atomic E-state index is -0.579. The molecule has 150 valence electrons. The Kier molecular flexibility index (Phi) is 8.08. The Hall–Kier alpha value is -1.62. The van der Waals surface area contributed by atoms with Crippen LogP contribution >= 0.6 is 12.4 Å². The van der Waals surface area contributed by atoms with Crippen molar-refractivity contribution in [2.24, 2.45) is 5.92 Å². The number of nitrogens with zero attached hydrogens (tertiary/aromatic N) is 2. The van der Waals surface area contributed by atoms with Crippen LogP contribution in [-0.2, 0) is 13.0 Å². The molecule has 0 saturated heterocycles. The van der Waals surface area contributed by atoms with Crippen LogP contribution in [0.5, 0.6) is 5.88 Å². The van der Waals surface area contributed by atoms with Gasteiger partial charge >= 0.3 is 0 Å². The van der Waals surface area contributed by atoms with Gasteiger partial charge in [0.15, 0.2) is 0 Å². The molecule has 0 radical (unpaired) electrons. The van der Waals surface area contributed by atoms with E-state index in [0.29, 0.717) is 17.4 Å². The van der Waals surface area contributed by atoms with Crippen LogP contribution in [0.3, 0.4) is 0 Å². The van der Waals surface area contributed by atoms with Gasteiger partial charge in [-0.3, -0.25) is 0 Å². The number of benzene rings is 1. The Labute approximate surface area is 166 Å². The van der Waals surface area contributed by atoms with Crippen LogP contribution in [0.15, 0.2) is 24.3 Å². The van der Waals surface area contributed by atoms with Crippen molar-refractivity contribution in [1.82, 2.24) is 9.78 Å². The molecule has 1 heterocycles. The molecule has 2 aromatic rings. The molecule has 1 aromatic heterocycles. The molecule has 1 fully saturated rings. The van der Waals surface area contributed by atoms with Gasteiger partial charge in [-0.05, 0) is 44.2 Å². The zero-order chi connectivity index (χ0) is 18.5. The van der Waals surface area contributed by atoms with Crippen LogP contribution in [0.1, 0.15) is 69.7 Å². The Morgan fingerprint density at radius 1 is 1.19 bits per heavy atom. The fraction of sp³-hybridized carbons (Fsp3) is 0.571. The summed E-state index contributed by atoms with van der Waals surface area (Å²) in [6.07, 6.45) is 8.21. The molecule has 1 unspecified atom stereocenters. The molecule has 6 heteroatoms. The zero-order valence-electron chi connectivity index (χ0n) is 16.1. The number of rotatable bonds is 7. The molecule has 0 spiro atoms. The van der Waals surface area contributed by atoms with Gasteiger partial charge in [0.25, 0.3) is 0 Å². The lowest BCUT2D eigenvalue weighted by molar-refractivity contribution is 0.208. The Morgan fingerprint density at radius 3 is 2.59 bits per heavy atom. The first-order chi connectivity index (χ1) is 12.6. The van der Waals surface area contributed by atoms with Gasteiger partial charge in [0.05, 0.1) is 11.7 Å². The molecular weight excluding hydrogens is 370 g/mol. The van der Waals surface area contributed by atoms with Gasteiger partial charge in [0.2, 0.25) is 5.88 Å². The summed E-state index contributed by atoms with van der Waals surface area (Å²) >= 11 is 0. The third-order valence-electron chi connectivity index (χ3n) is 5.37. The third kappa shape index (κ3) is 5.44. The van der Waals surface area contributed by atoms with Crippen LogP contribution in [0.4, 0.5) is 8.78 Å². The van der Waals surface area contributed by atoms with E-state index < -0.39 is 11.6 Å². The minimum absolute atomic E-state index is 0. The fourth-order valence-corrected chi connectivity index (χ4v) is 3.81. The quantitative estimate of drug-likeness (QED) is 0.550. The summed E-state index contributed by atoms with van der Waals surface area (Å²) < 4.78 is 34.9. The normalized spacial score (nSPS) is 16.0. The van der Waals surface area contributed by atoms with E-state index in [9.17, 15) is 8.78 Å². The summed E-state index contributed by atoms with van der Waals surface area (Å²) in [5.41, 5.74) is 1.35. The third-order valence-corrected chi connectivity index (χ3v) is 5.37. The zero-order valence-corrected chi connectivity index (χ0v) is 16.9. The summed E-state index contributed by atoms with van der Waals surface area (Å²) in [6.45, 7) is 4.39. The number of ether oxygens (including phenoxy) is 1. The predicted molar refractivity (Wildman–Crippen MR) is 105 cm³/mol. The molecule has 0 amide bonds. The maximum atomic E-state index is 13.9. The lowest BCUT2D eigenvalue weighted by Gasteiger charge is -2.28. The van der Waals surface area contributed by atoms with Crippen molar-refractivity contribution >= 4 is 12.4 Å². The fourth-order valence-electron chi connectivity index (χ4n) is 3.81. The number of hydrogen-bond donors (Lipinski definition) is 0. The monoisotopic (exact) mass is 398 g/mol. The number of halogens is 3. The predicted octanol–water partition coefficient (Wildman–Crippen LogP) is 6.26. The van der Waals surface area contributed by atoms with Gasteiger partial charge < -0.3 is 4.74 Å². The van der Waals surface area contributed by atoms with Crippen LogP contribution in [0.2, 0.25) is 0 Å². The molecule has 1 saturated carbocycles. The maximum absolute atomic E-state index is 13.9. The molecule has 0 bridgehead atoms. The van der Waals surface area contributed by atoms with Crippen LogP contribution in [-0.4, -0.2) is 9.78 Å². The largest absolute Gasteiger partial charge is 0.473 e. The first-order valence-electron chi connectivity index (χ1n) is 9.73. The van der Waals surface area contributed by atoms with Crippen LogP contribution < -0.4 is 4.74 Å². The van der Waals surface area contributed by atoms with Crippen molar-refractivity contribution in [2.75, 3.05) is 0 Å². The molecular formula is C21H29ClF2N2O. The highest BCUT2D eigenvalue weighted by Crippen LogP contribution is 2.35. The first-order valence-corrected chi connectivity index (χ1v) is 9.73. The standard InChI is InChI=1S/C21H28F2N2O.ClH/c1-3-7-19-13-21(26-14-17-10-11-18(22)12-20(17)23)25(24-19)15(2)16-8-5-4-6-9-16;/h10-13,15-16H,3-9,14H2,1-2H3;1H. The topological polar surface area (TPSA) is 27.1 Å². The van der Waals surface area contributed by atoms with Crippen molar-refractivity contribution in [1.29, 1.82) is 0 Å². The molecule has 3 nitrogen and oxygen atoms in total. The maximum Gasteiger partial charge on any atom is 0.212 e. The summed E-state index contributed by atoms with van der Waals surface area (Å²) in [7, 11) is 0. The second-order valence-corrected chi connectivity index (χ2v) is 7.33. The lowest BCUT2D eigenvalue weighted by Crippen LogP contribution is -2.21. The number of aryl methyl sites for hydroxylation is 1. The van der Waals surface area contributed by atoms with Gasteiger partial charge in [0, 0.05) is 17.7 Å². The summed E-state index contributed by atoms with van der Waals surface area (Å²) in [4.78, 5) is 0. The second kappa shape index (κ2) is 10.1. The van der Waals surface area contributed by atoms with E-state index in [4.69, 9.17) is 9.84 Å². The van der Waals surface area contributed by atoms with Crippen molar-refractivity contribution in [3.8, 4) is 5.88 Å². The number of aromatic nitrogens is 2. The second-order valence-electron chi connectivity index (χ2n) is 7.33. The molecule has 1 aromatic carbocycles. The Bertz CT molecular complexity index is 729. The summed E-state index contributed by atoms with van der Waals surface area (Å²) in [5, 5.41) is 4.76. The van der Waals surface area contributed by atoms with Crippen LogP contribution in [0.25, 0.3) is 0 Å². The summed E-state index contributed by atoms with van der Waals surface area (Å²) in [5.74, 6) is 0.121. The first kappa shape index (κ1) is 21.7. The highest BCUT2D eigenvalue weighted by Gasteiger charge is 2.25. The molecule has 27 heavy (non-hydrogen) atoms. The van der Waals surface area contributed by atoms with E-state index in [-0.39, 0.29) is 25.1 Å². The molecule has 3 rings (SSSR count). The van der Waals surface area contributed by atoms with Crippen LogP contribution in [0, 0.1) is 17.6 Å². The van der Waals surface area contributed by atoms with E-state index in [1.54, 1.807) is 0 Å². The molecule has 1 aliphatic carbocycles. The molecule has 1 atom stereocenters. The highest BCUT2D eigenvalue weighted by atomic mass is 35.5. The van der Waals surface area contributed by atoms with Gasteiger partial charge in [0.1, 0.15) is 18.2 Å². The van der Waals surface area contributed by atoms with Crippen molar-refractivity contribution in [3.05, 3.63) is 47.2 Å². The van der Waals surface area contributed by atoms with E-state index >= 15 is 0 Å². The van der Waals surface area contributed by atoms with Crippen molar-refractivity contribution < 1.29 is 13.5 Å². The average molecular weight is 399 g/mol. The lowest BCUT2D eigenvalue weighted by atomic mass is 9.85. The number of hydrogen-bond acceptors (Lipinski definition) is 2. The van der Waals surface area contributed by atoms with Crippen molar-refractivity contribution in [3.63, 3.8) is 0 Å². The van der Waals surface area contributed by atoms with Gasteiger partial charge in [-0.25, -0.2) is 13.5 Å². The van der Waals surface area contributed by atoms with Gasteiger partial charge in [-0.1, -0.05) is 32.6 Å². The van der Waals surface area contributed by atoms with Gasteiger partial charge in [-0.15, -0.1) is 12.4 Å². The minimum Gasteiger partial charge on any atom is -0.473 e. The SMILES string of the molecule is CCCc1cc(OCc2ccc(F)cc2F)n(C(C)C2CCCCC2)n1.Cl. The smallest absolute Gasteiger partial charge is 0.212 e.